The molecule has 2 aromatic rings. The summed E-state index contributed by atoms with van der Waals surface area (Å²) in [5, 5.41) is 12.6. The van der Waals surface area contributed by atoms with Gasteiger partial charge in [0.25, 0.3) is 0 Å². The Hall–Kier alpha value is -2.02. The molecule has 18 heavy (non-hydrogen) atoms. The van der Waals surface area contributed by atoms with Crippen molar-refractivity contribution in [2.45, 2.75) is 19.3 Å². The fraction of sp³-hybridized carbons (Fsp3) is 0.429. The van der Waals surface area contributed by atoms with Crippen molar-refractivity contribution >= 4 is 16.7 Å². The fourth-order valence-electron chi connectivity index (χ4n) is 2.45. The first-order chi connectivity index (χ1) is 8.72. The number of aromatic nitrogens is 2. The van der Waals surface area contributed by atoms with Gasteiger partial charge >= 0.3 is 0 Å². The normalized spacial score (nSPS) is 17.1. The van der Waals surface area contributed by atoms with Crippen LogP contribution in [0.5, 0.6) is 0 Å². The zero-order chi connectivity index (χ0) is 12.6. The van der Waals surface area contributed by atoms with Gasteiger partial charge in [-0.3, -0.25) is 0 Å². The fourth-order valence-corrected chi connectivity index (χ4v) is 2.45. The summed E-state index contributed by atoms with van der Waals surface area (Å²) in [7, 11) is 1.99. The molecule has 1 aromatic carbocycles. The minimum atomic E-state index is -0.140. The van der Waals surface area contributed by atoms with Crippen LogP contribution >= 0.6 is 0 Å². The number of nitriles is 1. The van der Waals surface area contributed by atoms with E-state index in [1.165, 1.54) is 6.42 Å². The molecule has 0 spiro atoms. The minimum Gasteiger partial charge on any atom is -0.383 e. The quantitative estimate of drug-likeness (QED) is 0.897. The van der Waals surface area contributed by atoms with Gasteiger partial charge in [0.15, 0.2) is 0 Å². The second-order valence-corrected chi connectivity index (χ2v) is 5.16. The smallest absolute Gasteiger partial charge is 0.0955 e. The van der Waals surface area contributed by atoms with E-state index in [2.05, 4.69) is 22.4 Å². The highest BCUT2D eigenvalue weighted by molar-refractivity contribution is 5.79. The number of fused-ring (bicyclic) bond motifs is 1. The molecule has 1 aliphatic carbocycles. The van der Waals surface area contributed by atoms with E-state index in [0.717, 1.165) is 36.1 Å². The van der Waals surface area contributed by atoms with Crippen LogP contribution in [0.1, 0.15) is 19.3 Å². The van der Waals surface area contributed by atoms with Crippen LogP contribution < -0.4 is 5.32 Å². The Morgan fingerprint density at radius 2 is 2.33 bits per heavy atom. The largest absolute Gasteiger partial charge is 0.383 e. The monoisotopic (exact) mass is 240 g/mol. The van der Waals surface area contributed by atoms with Gasteiger partial charge in [-0.2, -0.15) is 5.26 Å². The first kappa shape index (κ1) is 11.1. The predicted octanol–water partition coefficient (Wildman–Crippen LogP) is 2.68. The summed E-state index contributed by atoms with van der Waals surface area (Å²) in [5.41, 5.74) is 3.02. The van der Waals surface area contributed by atoms with Crippen LogP contribution in [-0.4, -0.2) is 16.1 Å². The average molecular weight is 240 g/mol. The lowest BCUT2D eigenvalue weighted by Gasteiger charge is -2.35. The minimum absolute atomic E-state index is 0.140. The molecule has 4 nitrogen and oxygen atoms in total. The zero-order valence-electron chi connectivity index (χ0n) is 10.5. The summed E-state index contributed by atoms with van der Waals surface area (Å²) in [6, 6.07) is 8.59. The number of hydrogen-bond acceptors (Lipinski definition) is 3. The van der Waals surface area contributed by atoms with Gasteiger partial charge in [0.2, 0.25) is 0 Å². The number of nitrogens with one attached hydrogen (secondary N) is 1. The van der Waals surface area contributed by atoms with E-state index < -0.39 is 0 Å². The number of benzene rings is 1. The highest BCUT2D eigenvalue weighted by atomic mass is 15.0. The molecule has 92 valence electrons. The van der Waals surface area contributed by atoms with Gasteiger partial charge in [-0.1, -0.05) is 6.42 Å². The third-order valence-corrected chi connectivity index (χ3v) is 3.90. The van der Waals surface area contributed by atoms with Crippen LogP contribution in [0.3, 0.4) is 0 Å². The van der Waals surface area contributed by atoms with Crippen molar-refractivity contribution in [3.8, 4) is 6.07 Å². The molecule has 0 atom stereocenters. The Morgan fingerprint density at radius 1 is 1.50 bits per heavy atom. The van der Waals surface area contributed by atoms with E-state index in [0.29, 0.717) is 0 Å². The molecule has 3 rings (SSSR count). The molecular weight excluding hydrogens is 224 g/mol. The molecule has 1 fully saturated rings. The Morgan fingerprint density at radius 3 is 3.00 bits per heavy atom. The molecule has 0 radical (unpaired) electrons. The van der Waals surface area contributed by atoms with Crippen molar-refractivity contribution in [3.63, 3.8) is 0 Å². The van der Waals surface area contributed by atoms with Crippen molar-refractivity contribution in [2.24, 2.45) is 12.5 Å². The molecule has 0 bridgehead atoms. The van der Waals surface area contributed by atoms with Gasteiger partial charge in [0.05, 0.1) is 28.8 Å². The Balaban J connectivity index is 1.77. The van der Waals surface area contributed by atoms with E-state index in [4.69, 9.17) is 0 Å². The lowest BCUT2D eigenvalue weighted by molar-refractivity contribution is 0.233. The average Bonchev–Trinajstić information content (AvgIpc) is 2.70. The third kappa shape index (κ3) is 1.72. The molecular formula is C14H16N4. The Kier molecular flexibility index (Phi) is 2.48. The molecule has 1 saturated carbocycles. The van der Waals surface area contributed by atoms with Gasteiger partial charge in [0, 0.05) is 19.3 Å². The van der Waals surface area contributed by atoms with Crippen LogP contribution in [0.25, 0.3) is 11.0 Å². The molecule has 0 unspecified atom stereocenters. The number of hydrogen-bond donors (Lipinski definition) is 1. The summed E-state index contributed by atoms with van der Waals surface area (Å²) >= 11 is 0. The number of rotatable bonds is 3. The molecule has 0 saturated heterocycles. The lowest BCUT2D eigenvalue weighted by Crippen LogP contribution is -2.34. The highest BCUT2D eigenvalue weighted by Crippen LogP contribution is 2.40. The predicted molar refractivity (Wildman–Crippen MR) is 71.1 cm³/mol. The van der Waals surface area contributed by atoms with Crippen molar-refractivity contribution < 1.29 is 0 Å². The number of anilines is 1. The van der Waals surface area contributed by atoms with E-state index in [-0.39, 0.29) is 5.41 Å². The summed E-state index contributed by atoms with van der Waals surface area (Å²) in [5.74, 6) is 0. The first-order valence-electron chi connectivity index (χ1n) is 6.29. The van der Waals surface area contributed by atoms with Crippen LogP contribution in [0.2, 0.25) is 0 Å². The molecule has 1 heterocycles. The van der Waals surface area contributed by atoms with E-state index >= 15 is 0 Å². The van der Waals surface area contributed by atoms with Gasteiger partial charge in [-0.05, 0) is 31.0 Å². The van der Waals surface area contributed by atoms with Crippen LogP contribution in [0.4, 0.5) is 5.69 Å². The zero-order valence-corrected chi connectivity index (χ0v) is 10.5. The highest BCUT2D eigenvalue weighted by Gasteiger charge is 2.36. The van der Waals surface area contributed by atoms with Crippen molar-refractivity contribution in [3.05, 3.63) is 24.5 Å². The van der Waals surface area contributed by atoms with Crippen LogP contribution in [0.15, 0.2) is 24.5 Å². The topological polar surface area (TPSA) is 53.6 Å². The molecule has 1 aromatic heterocycles. The molecule has 4 heteroatoms. The molecule has 1 N–H and O–H groups in total. The van der Waals surface area contributed by atoms with Gasteiger partial charge in [0.1, 0.15) is 0 Å². The summed E-state index contributed by atoms with van der Waals surface area (Å²) in [6.45, 7) is 0.738. The maximum Gasteiger partial charge on any atom is 0.0955 e. The van der Waals surface area contributed by atoms with Crippen LogP contribution in [0, 0.1) is 16.7 Å². The van der Waals surface area contributed by atoms with E-state index in [9.17, 15) is 5.26 Å². The maximum absolute atomic E-state index is 9.18. The standard InChI is InChI=1S/C14H16N4/c1-18-10-17-12-7-11(3-4-13(12)18)16-9-14(8-15)5-2-6-14/h3-4,7,10,16H,2,5-6,9H2,1H3. The molecule has 1 aliphatic rings. The number of imidazole rings is 1. The third-order valence-electron chi connectivity index (χ3n) is 3.90. The first-order valence-corrected chi connectivity index (χ1v) is 6.29. The number of aryl methyl sites for hydroxylation is 1. The van der Waals surface area contributed by atoms with Gasteiger partial charge in [-0.25, -0.2) is 4.98 Å². The SMILES string of the molecule is Cn1cnc2cc(NCC3(C#N)CCC3)ccc21. The van der Waals surface area contributed by atoms with Crippen molar-refractivity contribution in [1.29, 1.82) is 5.26 Å². The van der Waals surface area contributed by atoms with Crippen LogP contribution in [-0.2, 0) is 7.05 Å². The second-order valence-electron chi connectivity index (χ2n) is 5.16. The lowest BCUT2D eigenvalue weighted by atomic mass is 9.70. The van der Waals surface area contributed by atoms with Gasteiger partial charge in [-0.15, -0.1) is 0 Å². The summed E-state index contributed by atoms with van der Waals surface area (Å²) in [4.78, 5) is 4.34. The summed E-state index contributed by atoms with van der Waals surface area (Å²) < 4.78 is 2.00. The van der Waals surface area contributed by atoms with Crippen molar-refractivity contribution in [2.75, 3.05) is 11.9 Å². The molecule has 0 aliphatic heterocycles. The maximum atomic E-state index is 9.18. The molecule has 0 amide bonds. The van der Waals surface area contributed by atoms with Gasteiger partial charge < -0.3 is 9.88 Å². The van der Waals surface area contributed by atoms with Crippen molar-refractivity contribution in [1.82, 2.24) is 9.55 Å². The van der Waals surface area contributed by atoms with E-state index in [1.54, 1.807) is 0 Å². The Bertz CT molecular complexity index is 616. The second kappa shape index (κ2) is 4.02. The van der Waals surface area contributed by atoms with E-state index in [1.807, 2.05) is 30.1 Å². The Labute approximate surface area is 106 Å². The summed E-state index contributed by atoms with van der Waals surface area (Å²) in [6.07, 6.45) is 5.02. The number of nitrogens with zero attached hydrogens (tertiary/aromatic N) is 3.